The third kappa shape index (κ3) is 5.31. The van der Waals surface area contributed by atoms with Gasteiger partial charge in [-0.1, -0.05) is 30.3 Å². The number of amides is 1. The van der Waals surface area contributed by atoms with Crippen LogP contribution in [0.2, 0.25) is 0 Å². The van der Waals surface area contributed by atoms with Crippen molar-refractivity contribution in [1.29, 1.82) is 0 Å². The van der Waals surface area contributed by atoms with Crippen LogP contribution in [0, 0.1) is 0 Å². The van der Waals surface area contributed by atoms with Crippen molar-refractivity contribution in [1.82, 2.24) is 14.5 Å². The molecule has 10 heteroatoms. The SMILES string of the molecule is CC1(NCC(=O)N2CCN(S(=O)(=O)Cc3ccccc3)CC2)CCS(=O)(=O)C1. The molecule has 0 bridgehead atoms. The summed E-state index contributed by atoms with van der Waals surface area (Å²) in [6.45, 7) is 3.09. The largest absolute Gasteiger partial charge is 0.339 e. The van der Waals surface area contributed by atoms with E-state index in [0.29, 0.717) is 19.5 Å². The summed E-state index contributed by atoms with van der Waals surface area (Å²) >= 11 is 0. The van der Waals surface area contributed by atoms with E-state index in [1.807, 2.05) is 25.1 Å². The highest BCUT2D eigenvalue weighted by Crippen LogP contribution is 2.22. The zero-order chi connectivity index (χ0) is 20.4. The maximum atomic E-state index is 12.6. The number of piperazine rings is 1. The molecule has 0 aromatic heterocycles. The van der Waals surface area contributed by atoms with E-state index in [1.54, 1.807) is 17.0 Å². The normalized spacial score (nSPS) is 25.7. The first-order valence-corrected chi connectivity index (χ1v) is 12.8. The van der Waals surface area contributed by atoms with E-state index in [9.17, 15) is 21.6 Å². The first-order valence-electron chi connectivity index (χ1n) is 9.34. The molecule has 2 heterocycles. The van der Waals surface area contributed by atoms with Crippen molar-refractivity contribution >= 4 is 25.8 Å². The van der Waals surface area contributed by atoms with E-state index in [1.165, 1.54) is 4.31 Å². The highest BCUT2D eigenvalue weighted by atomic mass is 32.2. The Morgan fingerprint density at radius 3 is 2.36 bits per heavy atom. The Bertz CT molecular complexity index is 910. The molecule has 1 atom stereocenters. The highest BCUT2D eigenvalue weighted by molar-refractivity contribution is 7.91. The molecule has 2 aliphatic rings. The molecule has 1 N–H and O–H groups in total. The van der Waals surface area contributed by atoms with E-state index in [-0.39, 0.29) is 42.8 Å². The summed E-state index contributed by atoms with van der Waals surface area (Å²) in [6.07, 6.45) is 0.494. The molecule has 0 radical (unpaired) electrons. The lowest BCUT2D eigenvalue weighted by molar-refractivity contribution is -0.131. The quantitative estimate of drug-likeness (QED) is 0.673. The van der Waals surface area contributed by atoms with E-state index >= 15 is 0 Å². The molecule has 156 valence electrons. The number of hydrogen-bond acceptors (Lipinski definition) is 6. The standard InChI is InChI=1S/C18H27N3O5S2/c1-18(7-12-27(23,24)15-18)19-13-17(22)20-8-10-21(11-9-20)28(25,26)14-16-5-3-2-4-6-16/h2-6,19H,7-15H2,1H3. The Labute approximate surface area is 166 Å². The van der Waals surface area contributed by atoms with Gasteiger partial charge in [0.25, 0.3) is 0 Å². The van der Waals surface area contributed by atoms with Crippen LogP contribution in [-0.4, -0.2) is 81.7 Å². The van der Waals surface area contributed by atoms with Gasteiger partial charge in [0.15, 0.2) is 9.84 Å². The molecule has 1 unspecified atom stereocenters. The first-order chi connectivity index (χ1) is 13.1. The van der Waals surface area contributed by atoms with Crippen LogP contribution in [0.4, 0.5) is 0 Å². The van der Waals surface area contributed by atoms with Gasteiger partial charge in [-0.05, 0) is 18.9 Å². The van der Waals surface area contributed by atoms with E-state index in [2.05, 4.69) is 5.32 Å². The van der Waals surface area contributed by atoms with Crippen molar-refractivity contribution in [2.45, 2.75) is 24.6 Å². The Balaban J connectivity index is 1.49. The Kier molecular flexibility index (Phi) is 6.14. The monoisotopic (exact) mass is 429 g/mol. The molecule has 8 nitrogen and oxygen atoms in total. The molecule has 2 fully saturated rings. The second-order valence-electron chi connectivity index (χ2n) is 7.78. The summed E-state index contributed by atoms with van der Waals surface area (Å²) in [5, 5.41) is 3.08. The summed E-state index contributed by atoms with van der Waals surface area (Å²) in [7, 11) is -6.46. The number of rotatable bonds is 6. The number of nitrogens with one attached hydrogen (secondary N) is 1. The van der Waals surface area contributed by atoms with Gasteiger partial charge < -0.3 is 10.2 Å². The number of sulfone groups is 1. The maximum absolute atomic E-state index is 12.6. The molecule has 0 aliphatic carbocycles. The molecule has 28 heavy (non-hydrogen) atoms. The summed E-state index contributed by atoms with van der Waals surface area (Å²) in [5.41, 5.74) is 0.167. The Morgan fingerprint density at radius 2 is 1.79 bits per heavy atom. The lowest BCUT2D eigenvalue weighted by atomic mass is 10.0. The second kappa shape index (κ2) is 8.10. The lowest BCUT2D eigenvalue weighted by Gasteiger charge is -2.35. The topological polar surface area (TPSA) is 104 Å². The molecule has 1 amide bonds. The van der Waals surface area contributed by atoms with Crippen molar-refractivity contribution < 1.29 is 21.6 Å². The van der Waals surface area contributed by atoms with Crippen molar-refractivity contribution in [3.8, 4) is 0 Å². The van der Waals surface area contributed by atoms with Crippen molar-refractivity contribution in [2.75, 3.05) is 44.2 Å². The summed E-state index contributed by atoms with van der Waals surface area (Å²) in [4.78, 5) is 14.1. The minimum absolute atomic E-state index is 0.0405. The fraction of sp³-hybridized carbons (Fsp3) is 0.611. The van der Waals surface area contributed by atoms with E-state index < -0.39 is 25.4 Å². The molecule has 0 spiro atoms. The number of hydrogen-bond donors (Lipinski definition) is 1. The van der Waals surface area contributed by atoms with Gasteiger partial charge in [0.2, 0.25) is 15.9 Å². The summed E-state index contributed by atoms with van der Waals surface area (Å²) in [6, 6.07) is 9.03. The molecular formula is C18H27N3O5S2. The fourth-order valence-electron chi connectivity index (χ4n) is 3.64. The number of carbonyl (C=O) groups is 1. The molecule has 2 aliphatic heterocycles. The van der Waals surface area contributed by atoms with E-state index in [4.69, 9.17) is 0 Å². The van der Waals surface area contributed by atoms with Gasteiger partial charge in [-0.25, -0.2) is 16.8 Å². The Morgan fingerprint density at radius 1 is 1.14 bits per heavy atom. The molecule has 1 aromatic carbocycles. The zero-order valence-corrected chi connectivity index (χ0v) is 17.6. The number of carbonyl (C=O) groups excluding carboxylic acids is 1. The minimum atomic E-state index is -3.42. The number of benzene rings is 1. The summed E-state index contributed by atoms with van der Waals surface area (Å²) < 4.78 is 49.9. The van der Waals surface area contributed by atoms with Gasteiger partial charge in [-0.2, -0.15) is 4.31 Å². The number of nitrogens with zero attached hydrogens (tertiary/aromatic N) is 2. The van der Waals surface area contributed by atoms with Crippen molar-refractivity contribution in [3.63, 3.8) is 0 Å². The molecule has 3 rings (SSSR count). The van der Waals surface area contributed by atoms with Crippen LogP contribution in [0.25, 0.3) is 0 Å². The highest BCUT2D eigenvalue weighted by Gasteiger charge is 2.38. The molecule has 0 saturated carbocycles. The minimum Gasteiger partial charge on any atom is -0.339 e. The Hall–Kier alpha value is -1.49. The average Bonchev–Trinajstić information content (AvgIpc) is 2.94. The van der Waals surface area contributed by atoms with Crippen LogP contribution in [-0.2, 0) is 30.4 Å². The van der Waals surface area contributed by atoms with Crippen LogP contribution in [0.15, 0.2) is 30.3 Å². The number of sulfonamides is 1. The smallest absolute Gasteiger partial charge is 0.236 e. The zero-order valence-electron chi connectivity index (χ0n) is 16.0. The van der Waals surface area contributed by atoms with Crippen LogP contribution in [0.3, 0.4) is 0 Å². The van der Waals surface area contributed by atoms with Gasteiger partial charge in [-0.15, -0.1) is 0 Å². The van der Waals surface area contributed by atoms with Crippen molar-refractivity contribution in [2.24, 2.45) is 0 Å². The fourth-order valence-corrected chi connectivity index (χ4v) is 7.28. The molecule has 2 saturated heterocycles. The lowest BCUT2D eigenvalue weighted by Crippen LogP contribution is -2.54. The van der Waals surface area contributed by atoms with Gasteiger partial charge in [0.05, 0.1) is 23.8 Å². The predicted octanol–water partition coefficient (Wildman–Crippen LogP) is -0.173. The van der Waals surface area contributed by atoms with Gasteiger partial charge in [0, 0.05) is 31.7 Å². The van der Waals surface area contributed by atoms with Crippen molar-refractivity contribution in [3.05, 3.63) is 35.9 Å². The van der Waals surface area contributed by atoms with Crippen LogP contribution >= 0.6 is 0 Å². The van der Waals surface area contributed by atoms with Gasteiger partial charge in [0.1, 0.15) is 0 Å². The van der Waals surface area contributed by atoms with Crippen LogP contribution < -0.4 is 5.32 Å². The van der Waals surface area contributed by atoms with E-state index in [0.717, 1.165) is 5.56 Å². The van der Waals surface area contributed by atoms with Gasteiger partial charge >= 0.3 is 0 Å². The predicted molar refractivity (Wildman–Crippen MR) is 107 cm³/mol. The van der Waals surface area contributed by atoms with Crippen LogP contribution in [0.1, 0.15) is 18.9 Å². The second-order valence-corrected chi connectivity index (χ2v) is 11.9. The van der Waals surface area contributed by atoms with Crippen LogP contribution in [0.5, 0.6) is 0 Å². The summed E-state index contributed by atoms with van der Waals surface area (Å²) in [5.74, 6) is 0.00283. The first kappa shape index (κ1) is 21.2. The molecule has 1 aromatic rings. The average molecular weight is 430 g/mol. The van der Waals surface area contributed by atoms with Gasteiger partial charge in [-0.3, -0.25) is 4.79 Å². The molecular weight excluding hydrogens is 402 g/mol. The third-order valence-electron chi connectivity index (χ3n) is 5.35. The third-order valence-corrected chi connectivity index (χ3v) is 9.10. The maximum Gasteiger partial charge on any atom is 0.236 e.